The number of esters is 1. The summed E-state index contributed by atoms with van der Waals surface area (Å²) < 4.78 is 10.4. The maximum atomic E-state index is 13.5. The van der Waals surface area contributed by atoms with Crippen LogP contribution in [0.2, 0.25) is 0 Å². The Labute approximate surface area is 212 Å². The van der Waals surface area contributed by atoms with Gasteiger partial charge in [0, 0.05) is 25.4 Å². The highest BCUT2D eigenvalue weighted by Crippen LogP contribution is 2.45. The minimum atomic E-state index is -1.23. The molecule has 0 unspecified atom stereocenters. The quantitative estimate of drug-likeness (QED) is 0.178. The molecule has 3 N–H and O–H groups in total. The van der Waals surface area contributed by atoms with Gasteiger partial charge in [0.1, 0.15) is 17.2 Å². The summed E-state index contributed by atoms with van der Waals surface area (Å²) >= 11 is 0. The fourth-order valence-electron chi connectivity index (χ4n) is 4.16. The molecule has 4 atom stereocenters. The smallest absolute Gasteiger partial charge is 0.426 e. The van der Waals surface area contributed by atoms with Crippen LogP contribution in [0.1, 0.15) is 59.8 Å². The van der Waals surface area contributed by atoms with Gasteiger partial charge in [-0.25, -0.2) is 24.8 Å². The van der Waals surface area contributed by atoms with Gasteiger partial charge < -0.3 is 24.8 Å². The third kappa shape index (κ3) is 7.46. The van der Waals surface area contributed by atoms with Crippen LogP contribution in [0.15, 0.2) is 25.3 Å². The Morgan fingerprint density at radius 2 is 1.92 bits per heavy atom. The van der Waals surface area contributed by atoms with Crippen LogP contribution in [0.5, 0.6) is 0 Å². The highest BCUT2D eigenvalue weighted by molar-refractivity contribution is 5.95. The molecule has 1 aliphatic heterocycles. The fraction of sp³-hybridized carbons (Fsp3) is 0.680. The Kier molecular flexibility index (Phi) is 9.92. The van der Waals surface area contributed by atoms with Gasteiger partial charge in [0.15, 0.2) is 0 Å². The number of aliphatic hydroxyl groups is 1. The minimum Gasteiger partial charge on any atom is -0.464 e. The summed E-state index contributed by atoms with van der Waals surface area (Å²) in [5, 5.41) is 14.1. The predicted octanol–water partition coefficient (Wildman–Crippen LogP) is 2.26. The monoisotopic (exact) mass is 508 g/mol. The number of hydrazine groups is 1. The molecule has 0 aromatic carbocycles. The summed E-state index contributed by atoms with van der Waals surface area (Å²) in [6, 6.07) is -1.70. The maximum absolute atomic E-state index is 13.5. The number of urea groups is 1. The first kappa shape index (κ1) is 29.2. The Morgan fingerprint density at radius 1 is 1.22 bits per heavy atom. The number of nitrogens with zero attached hydrogens (tertiary/aromatic N) is 2. The second-order valence-electron chi connectivity index (χ2n) is 10.1. The van der Waals surface area contributed by atoms with Crippen molar-refractivity contribution >= 4 is 24.0 Å². The van der Waals surface area contributed by atoms with Gasteiger partial charge in [0.2, 0.25) is 5.91 Å². The summed E-state index contributed by atoms with van der Waals surface area (Å²) in [5.41, 5.74) is 0.465. The average molecular weight is 509 g/mol. The number of rotatable bonds is 10. The molecule has 0 bridgehead atoms. The third-order valence-corrected chi connectivity index (χ3v) is 6.01. The highest BCUT2D eigenvalue weighted by atomic mass is 16.6. The lowest BCUT2D eigenvalue weighted by Crippen LogP contribution is -2.58. The Hall–Kier alpha value is -3.08. The van der Waals surface area contributed by atoms with E-state index < -0.39 is 47.3 Å². The van der Waals surface area contributed by atoms with Crippen LogP contribution in [-0.2, 0) is 19.1 Å². The number of allylic oxidation sites excluding steroid dienone is 1. The lowest BCUT2D eigenvalue weighted by Gasteiger charge is -2.32. The van der Waals surface area contributed by atoms with Crippen LogP contribution in [0, 0.1) is 5.92 Å². The number of hydrogen-bond donors (Lipinski definition) is 3. The highest BCUT2D eigenvalue weighted by Gasteiger charge is 2.62. The third-order valence-electron chi connectivity index (χ3n) is 6.01. The van der Waals surface area contributed by atoms with Crippen molar-refractivity contribution < 1.29 is 33.8 Å². The summed E-state index contributed by atoms with van der Waals surface area (Å²) in [4.78, 5) is 52.9. The van der Waals surface area contributed by atoms with Crippen molar-refractivity contribution in [3.8, 4) is 0 Å². The first-order valence-corrected chi connectivity index (χ1v) is 12.4. The van der Waals surface area contributed by atoms with E-state index in [1.165, 1.54) is 4.90 Å². The zero-order valence-electron chi connectivity index (χ0n) is 21.7. The molecule has 0 aromatic rings. The Morgan fingerprint density at radius 3 is 2.47 bits per heavy atom. The predicted molar refractivity (Wildman–Crippen MR) is 132 cm³/mol. The van der Waals surface area contributed by atoms with Crippen molar-refractivity contribution in [1.29, 1.82) is 0 Å². The van der Waals surface area contributed by atoms with Crippen LogP contribution >= 0.6 is 0 Å². The first-order chi connectivity index (χ1) is 16.9. The number of aliphatic hydroxyl groups excluding tert-OH is 1. The van der Waals surface area contributed by atoms with Gasteiger partial charge in [0.05, 0.1) is 12.7 Å². The van der Waals surface area contributed by atoms with Gasteiger partial charge in [-0.3, -0.25) is 4.79 Å². The molecular weight excluding hydrogens is 468 g/mol. The number of hydrogen-bond acceptors (Lipinski definition) is 7. The van der Waals surface area contributed by atoms with E-state index in [1.807, 2.05) is 0 Å². The van der Waals surface area contributed by atoms with Crippen molar-refractivity contribution in [3.63, 3.8) is 0 Å². The van der Waals surface area contributed by atoms with Gasteiger partial charge in [-0.15, -0.1) is 13.2 Å². The van der Waals surface area contributed by atoms with E-state index in [1.54, 1.807) is 39.8 Å². The topological polar surface area (TPSA) is 138 Å². The number of nitrogens with one attached hydrogen (secondary N) is 2. The molecule has 1 aliphatic carbocycles. The molecule has 0 radical (unpaired) electrons. The summed E-state index contributed by atoms with van der Waals surface area (Å²) in [6.07, 6.45) is 3.97. The molecule has 2 fully saturated rings. The summed E-state index contributed by atoms with van der Waals surface area (Å²) in [5.74, 6) is -1.43. The molecule has 2 rings (SSSR count). The molecule has 0 aromatic heterocycles. The molecule has 2 aliphatic rings. The summed E-state index contributed by atoms with van der Waals surface area (Å²) in [7, 11) is 0. The second kappa shape index (κ2) is 12.2. The lowest BCUT2D eigenvalue weighted by atomic mass is 10.1. The number of β-amino-alcohol motifs (C(OH)–C–C–N with tert-alkyl or cyclic N) is 1. The van der Waals surface area contributed by atoms with Gasteiger partial charge in [-0.1, -0.05) is 12.2 Å². The van der Waals surface area contributed by atoms with Gasteiger partial charge in [-0.2, -0.15) is 0 Å². The van der Waals surface area contributed by atoms with E-state index in [0.717, 1.165) is 17.9 Å². The van der Waals surface area contributed by atoms with Crippen molar-refractivity contribution in [1.82, 2.24) is 20.7 Å². The number of ether oxygens (including phenoxy) is 2. The van der Waals surface area contributed by atoms with Crippen LogP contribution in [0.3, 0.4) is 0 Å². The van der Waals surface area contributed by atoms with Gasteiger partial charge in [-0.05, 0) is 53.4 Å². The Bertz CT molecular complexity index is 856. The zero-order valence-corrected chi connectivity index (χ0v) is 21.7. The number of likely N-dealkylation sites (tertiary alicyclic amines) is 1. The van der Waals surface area contributed by atoms with Crippen LogP contribution in [-0.4, -0.2) is 82.0 Å². The van der Waals surface area contributed by atoms with E-state index in [9.17, 15) is 24.3 Å². The van der Waals surface area contributed by atoms with E-state index in [4.69, 9.17) is 9.47 Å². The molecule has 11 heteroatoms. The van der Waals surface area contributed by atoms with E-state index in [0.29, 0.717) is 12.8 Å². The van der Waals surface area contributed by atoms with Crippen LogP contribution in [0.25, 0.3) is 0 Å². The SMILES string of the molecule is C=CCCCCN(NC(=O)OC(C)(C)C)C(=O)N1C[C@@H](O)C[C@H]1C(=O)N[C@]1(C(=O)OCC)C[C@H]1C=C. The Balaban J connectivity index is 2.19. The van der Waals surface area contributed by atoms with Crippen LogP contribution in [0.4, 0.5) is 9.59 Å². The number of carbonyl (C=O) groups is 4. The molecule has 36 heavy (non-hydrogen) atoms. The van der Waals surface area contributed by atoms with Crippen molar-refractivity contribution in [2.75, 3.05) is 19.7 Å². The largest absolute Gasteiger partial charge is 0.464 e. The van der Waals surface area contributed by atoms with Crippen LogP contribution < -0.4 is 10.7 Å². The molecule has 4 amide bonds. The van der Waals surface area contributed by atoms with E-state index in [2.05, 4.69) is 23.9 Å². The van der Waals surface area contributed by atoms with Crippen molar-refractivity contribution in [3.05, 3.63) is 25.3 Å². The van der Waals surface area contributed by atoms with Crippen molar-refractivity contribution in [2.24, 2.45) is 5.92 Å². The zero-order chi connectivity index (χ0) is 27.1. The molecule has 1 saturated carbocycles. The second-order valence-corrected chi connectivity index (χ2v) is 10.1. The number of amides is 4. The standard InChI is InChI=1S/C25H40N4O7/c1-7-10-11-12-13-29(27-22(33)36-24(4,5)6)23(34)28-16-18(30)14-19(28)20(31)26-25(15-17(25)8-2)21(32)35-9-3/h7-8,17-19,30H,1-2,9-16H2,3-6H3,(H,26,31)(H,27,33)/t17-,18+,19+,25-/m1/s1. The first-order valence-electron chi connectivity index (χ1n) is 12.4. The molecule has 11 nitrogen and oxygen atoms in total. The molecule has 1 saturated heterocycles. The van der Waals surface area contributed by atoms with Gasteiger partial charge >= 0.3 is 18.1 Å². The van der Waals surface area contributed by atoms with Crippen molar-refractivity contribution in [2.45, 2.75) is 83.1 Å². The van der Waals surface area contributed by atoms with E-state index in [-0.39, 0.29) is 32.0 Å². The molecule has 202 valence electrons. The maximum Gasteiger partial charge on any atom is 0.426 e. The minimum absolute atomic E-state index is 0.00796. The fourth-order valence-corrected chi connectivity index (χ4v) is 4.16. The number of carbonyl (C=O) groups excluding carboxylic acids is 4. The van der Waals surface area contributed by atoms with Gasteiger partial charge in [0.25, 0.3) is 0 Å². The average Bonchev–Trinajstić information content (AvgIpc) is 3.36. The molecule has 0 spiro atoms. The molecule has 1 heterocycles. The normalized spacial score (nSPS) is 24.9. The lowest BCUT2D eigenvalue weighted by molar-refractivity contribution is -0.149. The molecular formula is C25H40N4O7. The number of unbranched alkanes of at least 4 members (excludes halogenated alkanes) is 2. The van der Waals surface area contributed by atoms with E-state index >= 15 is 0 Å². The summed E-state index contributed by atoms with van der Waals surface area (Å²) in [6.45, 7) is 14.4.